The van der Waals surface area contributed by atoms with Crippen molar-refractivity contribution in [3.8, 4) is 0 Å². The highest BCUT2D eigenvalue weighted by atomic mass is 14.8. The maximum Gasteiger partial charge on any atom is 0.0582 e. The third-order valence-corrected chi connectivity index (χ3v) is 2.64. The fourth-order valence-corrected chi connectivity index (χ4v) is 1.55. The molecule has 0 radical (unpaired) electrons. The van der Waals surface area contributed by atoms with Crippen molar-refractivity contribution in [2.45, 2.75) is 52.0 Å². The SMILES string of the molecule is CC1/C=N/C(C)(C)C/C=C/CC/C=C/C1. The average molecular weight is 205 g/mol. The molecule has 1 rings (SSSR count). The molecule has 0 amide bonds. The summed E-state index contributed by atoms with van der Waals surface area (Å²) in [6.45, 7) is 6.62. The zero-order chi connectivity index (χ0) is 11.1. The Morgan fingerprint density at radius 2 is 1.73 bits per heavy atom. The molecule has 1 aliphatic heterocycles. The normalized spacial score (nSPS) is 33.4. The molecule has 0 aromatic rings. The van der Waals surface area contributed by atoms with Gasteiger partial charge in [-0.2, -0.15) is 0 Å². The Morgan fingerprint density at radius 1 is 1.07 bits per heavy atom. The fraction of sp³-hybridized carbons (Fsp3) is 0.643. The molecule has 0 aliphatic carbocycles. The summed E-state index contributed by atoms with van der Waals surface area (Å²) in [5, 5.41) is 0. The van der Waals surface area contributed by atoms with E-state index >= 15 is 0 Å². The van der Waals surface area contributed by atoms with E-state index in [-0.39, 0.29) is 5.54 Å². The Morgan fingerprint density at radius 3 is 2.47 bits per heavy atom. The molecule has 84 valence electrons. The Bertz CT molecular complexity index is 259. The third kappa shape index (κ3) is 5.56. The van der Waals surface area contributed by atoms with Crippen molar-refractivity contribution in [3.63, 3.8) is 0 Å². The van der Waals surface area contributed by atoms with Gasteiger partial charge in [-0.3, -0.25) is 4.99 Å². The summed E-state index contributed by atoms with van der Waals surface area (Å²) >= 11 is 0. The van der Waals surface area contributed by atoms with Crippen molar-refractivity contribution in [3.05, 3.63) is 24.3 Å². The number of hydrogen-bond acceptors (Lipinski definition) is 1. The predicted octanol–water partition coefficient (Wildman–Crippen LogP) is 4.16. The lowest BCUT2D eigenvalue weighted by atomic mass is 10.00. The van der Waals surface area contributed by atoms with Crippen molar-refractivity contribution in [2.75, 3.05) is 0 Å². The Labute approximate surface area is 94.0 Å². The first-order valence-electron chi connectivity index (χ1n) is 5.95. The summed E-state index contributed by atoms with van der Waals surface area (Å²) in [6, 6.07) is 0. The Hall–Kier alpha value is -0.850. The van der Waals surface area contributed by atoms with Crippen LogP contribution in [0.1, 0.15) is 46.5 Å². The molecule has 1 aliphatic rings. The zero-order valence-corrected chi connectivity index (χ0v) is 10.2. The third-order valence-electron chi connectivity index (χ3n) is 2.64. The van der Waals surface area contributed by atoms with Gasteiger partial charge in [0.15, 0.2) is 0 Å². The lowest BCUT2D eigenvalue weighted by Gasteiger charge is -2.18. The quantitative estimate of drug-likeness (QED) is 0.527. The van der Waals surface area contributed by atoms with Gasteiger partial charge >= 0.3 is 0 Å². The van der Waals surface area contributed by atoms with Gasteiger partial charge in [0.2, 0.25) is 0 Å². The van der Waals surface area contributed by atoms with E-state index in [9.17, 15) is 0 Å². The van der Waals surface area contributed by atoms with Crippen LogP contribution in [0.4, 0.5) is 0 Å². The minimum absolute atomic E-state index is 0.0632. The van der Waals surface area contributed by atoms with Crippen LogP contribution >= 0.6 is 0 Å². The molecule has 0 saturated carbocycles. The Kier molecular flexibility index (Phi) is 4.80. The maximum absolute atomic E-state index is 4.66. The minimum atomic E-state index is 0.0632. The minimum Gasteiger partial charge on any atom is -0.291 e. The van der Waals surface area contributed by atoms with Crippen LogP contribution in [0.5, 0.6) is 0 Å². The summed E-state index contributed by atoms with van der Waals surface area (Å²) in [6.07, 6.45) is 15.7. The van der Waals surface area contributed by atoms with Gasteiger partial charge in [0.25, 0.3) is 0 Å². The van der Waals surface area contributed by atoms with E-state index in [0.29, 0.717) is 5.92 Å². The molecule has 1 atom stereocenters. The monoisotopic (exact) mass is 205 g/mol. The molecular formula is C14H23N. The van der Waals surface area contributed by atoms with Gasteiger partial charge in [0.1, 0.15) is 0 Å². The molecule has 1 heterocycles. The maximum atomic E-state index is 4.66. The molecule has 0 N–H and O–H groups in total. The second-order valence-corrected chi connectivity index (χ2v) is 5.03. The second-order valence-electron chi connectivity index (χ2n) is 5.03. The molecule has 0 saturated heterocycles. The van der Waals surface area contributed by atoms with Gasteiger partial charge in [-0.1, -0.05) is 31.2 Å². The van der Waals surface area contributed by atoms with E-state index in [1.807, 2.05) is 0 Å². The van der Waals surface area contributed by atoms with Crippen LogP contribution in [0.2, 0.25) is 0 Å². The van der Waals surface area contributed by atoms with Gasteiger partial charge in [-0.25, -0.2) is 0 Å². The lowest BCUT2D eigenvalue weighted by Crippen LogP contribution is -2.16. The molecule has 1 heteroatoms. The predicted molar refractivity (Wildman–Crippen MR) is 68.5 cm³/mol. The highest BCUT2D eigenvalue weighted by molar-refractivity contribution is 5.61. The first-order valence-corrected chi connectivity index (χ1v) is 5.95. The van der Waals surface area contributed by atoms with Crippen LogP contribution in [0.15, 0.2) is 29.3 Å². The van der Waals surface area contributed by atoms with Crippen LogP contribution in [-0.4, -0.2) is 11.8 Å². The molecule has 0 aromatic carbocycles. The summed E-state index contributed by atoms with van der Waals surface area (Å²) in [5.74, 6) is 0.559. The molecule has 0 fully saturated rings. The number of allylic oxidation sites excluding steroid dienone is 3. The molecule has 0 aromatic heterocycles. The highest BCUT2D eigenvalue weighted by Crippen LogP contribution is 2.16. The van der Waals surface area contributed by atoms with Crippen molar-refractivity contribution in [1.82, 2.24) is 0 Å². The van der Waals surface area contributed by atoms with Gasteiger partial charge in [0.05, 0.1) is 5.54 Å². The summed E-state index contributed by atoms with van der Waals surface area (Å²) in [7, 11) is 0. The van der Waals surface area contributed by atoms with Crippen LogP contribution in [0.3, 0.4) is 0 Å². The van der Waals surface area contributed by atoms with Crippen molar-refractivity contribution in [1.29, 1.82) is 0 Å². The first-order chi connectivity index (χ1) is 7.10. The van der Waals surface area contributed by atoms with Crippen LogP contribution in [-0.2, 0) is 0 Å². The second kappa shape index (κ2) is 5.89. The van der Waals surface area contributed by atoms with Crippen molar-refractivity contribution in [2.24, 2.45) is 10.9 Å². The van der Waals surface area contributed by atoms with Gasteiger partial charge in [0, 0.05) is 6.21 Å². The van der Waals surface area contributed by atoms with E-state index in [2.05, 4.69) is 56.3 Å². The Balaban J connectivity index is 2.66. The smallest absolute Gasteiger partial charge is 0.0582 e. The zero-order valence-electron chi connectivity index (χ0n) is 10.2. The standard InChI is InChI=1S/C14H23N/c1-13-10-8-6-4-5-7-9-11-14(2,3)15-12-13/h6-9,12-13H,4-5,10-11H2,1-3H3/b8-6+,9-7+,15-12+. The molecular weight excluding hydrogens is 182 g/mol. The number of hydrogen-bond donors (Lipinski definition) is 0. The van der Waals surface area contributed by atoms with Crippen LogP contribution < -0.4 is 0 Å². The topological polar surface area (TPSA) is 12.4 Å². The molecule has 0 spiro atoms. The molecule has 1 nitrogen and oxygen atoms in total. The van der Waals surface area contributed by atoms with E-state index in [4.69, 9.17) is 0 Å². The summed E-state index contributed by atoms with van der Waals surface area (Å²) in [5.41, 5.74) is 0.0632. The van der Waals surface area contributed by atoms with Crippen LogP contribution in [0, 0.1) is 5.92 Å². The van der Waals surface area contributed by atoms with E-state index < -0.39 is 0 Å². The number of rotatable bonds is 0. The summed E-state index contributed by atoms with van der Waals surface area (Å²) in [4.78, 5) is 4.66. The van der Waals surface area contributed by atoms with E-state index in [1.54, 1.807) is 0 Å². The van der Waals surface area contributed by atoms with Gasteiger partial charge in [-0.15, -0.1) is 0 Å². The van der Waals surface area contributed by atoms with Crippen LogP contribution in [0.25, 0.3) is 0 Å². The van der Waals surface area contributed by atoms with Crippen molar-refractivity contribution < 1.29 is 0 Å². The lowest BCUT2D eigenvalue weighted by molar-refractivity contribution is 0.528. The van der Waals surface area contributed by atoms with Gasteiger partial charge in [-0.05, 0) is 45.4 Å². The summed E-state index contributed by atoms with van der Waals surface area (Å²) < 4.78 is 0. The average Bonchev–Trinajstić information content (AvgIpc) is 2.17. The van der Waals surface area contributed by atoms with Crippen molar-refractivity contribution >= 4 is 6.21 Å². The highest BCUT2D eigenvalue weighted by Gasteiger charge is 2.13. The molecule has 0 bridgehead atoms. The first kappa shape index (κ1) is 12.2. The number of nitrogens with zero attached hydrogens (tertiary/aromatic N) is 1. The van der Waals surface area contributed by atoms with Gasteiger partial charge < -0.3 is 0 Å². The van der Waals surface area contributed by atoms with E-state index in [1.165, 1.54) is 6.42 Å². The number of aliphatic imine (C=N–C) groups is 1. The largest absolute Gasteiger partial charge is 0.291 e. The fourth-order valence-electron chi connectivity index (χ4n) is 1.55. The molecule has 15 heavy (non-hydrogen) atoms. The molecule has 1 unspecified atom stereocenters. The van der Waals surface area contributed by atoms with E-state index in [0.717, 1.165) is 19.3 Å².